The molecule has 3 rings (SSSR count). The lowest BCUT2D eigenvalue weighted by molar-refractivity contribution is 0.196. The molecule has 0 amide bonds. The van der Waals surface area contributed by atoms with Gasteiger partial charge < -0.3 is 15.2 Å². The molecule has 0 bridgehead atoms. The van der Waals surface area contributed by atoms with E-state index in [0.717, 1.165) is 62.0 Å². The molecule has 0 radical (unpaired) electrons. The van der Waals surface area contributed by atoms with Crippen LogP contribution in [0.2, 0.25) is 0 Å². The monoisotopic (exact) mass is 484 g/mol. The summed E-state index contributed by atoms with van der Waals surface area (Å²) in [5.41, 5.74) is 2.11. The van der Waals surface area contributed by atoms with Crippen LogP contribution in [0.25, 0.3) is 0 Å². The SMILES string of the molecule is CCc1cc(CNC(=NC)NC2CCN(Cc3ccccn3)CC2)on1.I. The molecule has 148 valence electrons. The number of hydrogen-bond donors (Lipinski definition) is 2. The summed E-state index contributed by atoms with van der Waals surface area (Å²) in [4.78, 5) is 11.2. The van der Waals surface area contributed by atoms with Gasteiger partial charge in [0.1, 0.15) is 0 Å². The van der Waals surface area contributed by atoms with E-state index in [2.05, 4.69) is 43.7 Å². The minimum atomic E-state index is 0. The molecule has 2 aromatic rings. The molecule has 0 aromatic carbocycles. The van der Waals surface area contributed by atoms with Crippen molar-refractivity contribution in [3.63, 3.8) is 0 Å². The Balaban J connectivity index is 0.00000261. The Kier molecular flexibility index (Phi) is 8.99. The fourth-order valence-electron chi connectivity index (χ4n) is 3.12. The summed E-state index contributed by atoms with van der Waals surface area (Å²) in [5, 5.41) is 10.8. The molecule has 0 spiro atoms. The molecule has 0 unspecified atom stereocenters. The number of guanidine groups is 1. The zero-order chi connectivity index (χ0) is 18.2. The number of nitrogens with zero attached hydrogens (tertiary/aromatic N) is 4. The molecule has 7 nitrogen and oxygen atoms in total. The van der Waals surface area contributed by atoms with Gasteiger partial charge in [0.15, 0.2) is 11.7 Å². The summed E-state index contributed by atoms with van der Waals surface area (Å²) < 4.78 is 5.30. The molecule has 1 aliphatic rings. The molecular weight excluding hydrogens is 455 g/mol. The van der Waals surface area contributed by atoms with Crippen molar-refractivity contribution in [2.24, 2.45) is 4.99 Å². The van der Waals surface area contributed by atoms with E-state index in [0.29, 0.717) is 12.6 Å². The van der Waals surface area contributed by atoms with Crippen molar-refractivity contribution in [1.82, 2.24) is 25.7 Å². The average molecular weight is 484 g/mol. The second kappa shape index (κ2) is 11.2. The minimum Gasteiger partial charge on any atom is -0.359 e. The van der Waals surface area contributed by atoms with Crippen LogP contribution in [0, 0.1) is 0 Å². The highest BCUT2D eigenvalue weighted by Gasteiger charge is 2.20. The summed E-state index contributed by atoms with van der Waals surface area (Å²) >= 11 is 0. The van der Waals surface area contributed by atoms with Gasteiger partial charge in [-0.1, -0.05) is 18.1 Å². The van der Waals surface area contributed by atoms with Gasteiger partial charge in [-0.3, -0.25) is 14.9 Å². The van der Waals surface area contributed by atoms with E-state index in [-0.39, 0.29) is 24.0 Å². The first-order valence-corrected chi connectivity index (χ1v) is 9.30. The van der Waals surface area contributed by atoms with Crippen LogP contribution in [0.5, 0.6) is 0 Å². The molecule has 8 heteroatoms. The smallest absolute Gasteiger partial charge is 0.191 e. The lowest BCUT2D eigenvalue weighted by atomic mass is 10.0. The van der Waals surface area contributed by atoms with Crippen LogP contribution >= 0.6 is 24.0 Å². The molecule has 1 fully saturated rings. The van der Waals surface area contributed by atoms with E-state index >= 15 is 0 Å². The average Bonchev–Trinajstić information content (AvgIpc) is 3.15. The Morgan fingerprint density at radius 1 is 1.30 bits per heavy atom. The number of nitrogens with one attached hydrogen (secondary N) is 2. The molecular formula is C19H29IN6O. The fourth-order valence-corrected chi connectivity index (χ4v) is 3.12. The minimum absolute atomic E-state index is 0. The number of aryl methyl sites for hydroxylation is 1. The van der Waals surface area contributed by atoms with Crippen molar-refractivity contribution in [3.8, 4) is 0 Å². The third-order valence-electron chi connectivity index (χ3n) is 4.66. The first-order valence-electron chi connectivity index (χ1n) is 9.30. The van der Waals surface area contributed by atoms with Crippen LogP contribution in [0.4, 0.5) is 0 Å². The number of aliphatic imine (C=N–C) groups is 1. The van der Waals surface area contributed by atoms with Crippen molar-refractivity contribution < 1.29 is 4.52 Å². The first kappa shape index (κ1) is 21.6. The highest BCUT2D eigenvalue weighted by molar-refractivity contribution is 14.0. The number of rotatable bonds is 6. The van der Waals surface area contributed by atoms with Gasteiger partial charge in [0.05, 0.1) is 17.9 Å². The van der Waals surface area contributed by atoms with E-state index in [1.54, 1.807) is 7.05 Å². The van der Waals surface area contributed by atoms with Gasteiger partial charge in [0.2, 0.25) is 0 Å². The quantitative estimate of drug-likeness (QED) is 0.373. The molecule has 1 saturated heterocycles. The van der Waals surface area contributed by atoms with Crippen molar-refractivity contribution in [2.75, 3.05) is 20.1 Å². The van der Waals surface area contributed by atoms with E-state index < -0.39 is 0 Å². The molecule has 2 N–H and O–H groups in total. The predicted molar refractivity (Wildman–Crippen MR) is 117 cm³/mol. The van der Waals surface area contributed by atoms with Gasteiger partial charge in [0, 0.05) is 45.0 Å². The number of likely N-dealkylation sites (tertiary alicyclic amines) is 1. The van der Waals surface area contributed by atoms with E-state index in [1.165, 1.54) is 0 Å². The van der Waals surface area contributed by atoms with Crippen molar-refractivity contribution in [1.29, 1.82) is 0 Å². The number of pyridine rings is 1. The summed E-state index contributed by atoms with van der Waals surface area (Å²) in [6.07, 6.45) is 4.93. The van der Waals surface area contributed by atoms with E-state index in [9.17, 15) is 0 Å². The summed E-state index contributed by atoms with van der Waals surface area (Å²) in [5.74, 6) is 1.64. The Bertz CT molecular complexity index is 697. The maximum atomic E-state index is 5.30. The summed E-state index contributed by atoms with van der Waals surface area (Å²) in [6, 6.07) is 8.51. The number of halogens is 1. The lowest BCUT2D eigenvalue weighted by Gasteiger charge is -2.32. The summed E-state index contributed by atoms with van der Waals surface area (Å²) in [7, 11) is 1.80. The van der Waals surface area contributed by atoms with Gasteiger partial charge in [-0.15, -0.1) is 24.0 Å². The lowest BCUT2D eigenvalue weighted by Crippen LogP contribution is -2.48. The molecule has 0 atom stereocenters. The van der Waals surface area contributed by atoms with Gasteiger partial charge in [0.25, 0.3) is 0 Å². The molecule has 1 aliphatic heterocycles. The second-order valence-electron chi connectivity index (χ2n) is 6.58. The second-order valence-corrected chi connectivity index (χ2v) is 6.58. The Labute approximate surface area is 178 Å². The maximum absolute atomic E-state index is 5.30. The van der Waals surface area contributed by atoms with Crippen LogP contribution in [-0.4, -0.2) is 47.2 Å². The Hall–Kier alpha value is -1.68. The first-order chi connectivity index (χ1) is 12.8. The number of aromatic nitrogens is 2. The van der Waals surface area contributed by atoms with E-state index in [1.807, 2.05) is 24.4 Å². The molecule has 2 aromatic heterocycles. The highest BCUT2D eigenvalue weighted by Crippen LogP contribution is 2.13. The molecule has 27 heavy (non-hydrogen) atoms. The van der Waals surface area contributed by atoms with Crippen LogP contribution in [0.3, 0.4) is 0 Å². The van der Waals surface area contributed by atoms with Crippen molar-refractivity contribution in [3.05, 3.63) is 47.6 Å². The maximum Gasteiger partial charge on any atom is 0.191 e. The molecule has 0 saturated carbocycles. The van der Waals surface area contributed by atoms with Gasteiger partial charge in [-0.2, -0.15) is 0 Å². The Morgan fingerprint density at radius 3 is 2.74 bits per heavy atom. The fraction of sp³-hybridized carbons (Fsp3) is 0.526. The van der Waals surface area contributed by atoms with Gasteiger partial charge in [-0.25, -0.2) is 0 Å². The third kappa shape index (κ3) is 6.76. The largest absolute Gasteiger partial charge is 0.359 e. The highest BCUT2D eigenvalue weighted by atomic mass is 127. The van der Waals surface area contributed by atoms with Crippen LogP contribution < -0.4 is 10.6 Å². The number of piperidine rings is 1. The van der Waals surface area contributed by atoms with E-state index in [4.69, 9.17) is 4.52 Å². The third-order valence-corrected chi connectivity index (χ3v) is 4.66. The van der Waals surface area contributed by atoms with Crippen molar-refractivity contribution >= 4 is 29.9 Å². The predicted octanol–water partition coefficient (Wildman–Crippen LogP) is 2.58. The number of hydrogen-bond acceptors (Lipinski definition) is 5. The molecule has 3 heterocycles. The normalized spacial score (nSPS) is 16.0. The zero-order valence-electron chi connectivity index (χ0n) is 16.0. The molecule has 0 aliphatic carbocycles. The van der Waals surface area contributed by atoms with Crippen LogP contribution in [-0.2, 0) is 19.5 Å². The van der Waals surface area contributed by atoms with Gasteiger partial charge >= 0.3 is 0 Å². The topological polar surface area (TPSA) is 78.6 Å². The van der Waals surface area contributed by atoms with Gasteiger partial charge in [-0.05, 0) is 31.4 Å². The van der Waals surface area contributed by atoms with Crippen LogP contribution in [0.15, 0.2) is 40.0 Å². The zero-order valence-corrected chi connectivity index (χ0v) is 18.3. The van der Waals surface area contributed by atoms with Crippen molar-refractivity contribution in [2.45, 2.75) is 45.3 Å². The standard InChI is InChI=1S/C19H28N6O.HI/c1-3-15-12-18(26-24-15)13-22-19(20-2)23-16-7-10-25(11-8-16)14-17-6-4-5-9-21-17;/h4-6,9,12,16H,3,7-8,10-11,13-14H2,1-2H3,(H2,20,22,23);1H. The summed E-state index contributed by atoms with van der Waals surface area (Å²) in [6.45, 7) is 5.70. The van der Waals surface area contributed by atoms with Crippen LogP contribution in [0.1, 0.15) is 36.9 Å². The Morgan fingerprint density at radius 2 is 2.11 bits per heavy atom.